The number of likely N-dealkylation sites (tertiary alicyclic amines) is 1. The maximum atomic E-state index is 12.2. The Balaban J connectivity index is 1.55. The molecule has 0 bridgehead atoms. The minimum absolute atomic E-state index is 0.0487. The van der Waals surface area contributed by atoms with Crippen molar-refractivity contribution in [1.29, 1.82) is 0 Å². The lowest BCUT2D eigenvalue weighted by Gasteiger charge is -2.28. The van der Waals surface area contributed by atoms with Crippen LogP contribution >= 0.6 is 0 Å². The van der Waals surface area contributed by atoms with E-state index in [4.69, 9.17) is 15.6 Å². The Labute approximate surface area is 193 Å². The van der Waals surface area contributed by atoms with Crippen LogP contribution in [0.2, 0.25) is 0 Å². The number of aromatic nitrogens is 2. The largest absolute Gasteiger partial charge is 0.457 e. The van der Waals surface area contributed by atoms with Crippen molar-refractivity contribution in [3.8, 4) is 22.8 Å². The van der Waals surface area contributed by atoms with Gasteiger partial charge in [0.05, 0.1) is 11.6 Å². The van der Waals surface area contributed by atoms with Crippen LogP contribution < -0.4 is 10.5 Å². The summed E-state index contributed by atoms with van der Waals surface area (Å²) in [6.45, 7) is 4.96. The van der Waals surface area contributed by atoms with Crippen molar-refractivity contribution < 1.29 is 14.3 Å². The normalized spacial score (nSPS) is 16.5. The third kappa shape index (κ3) is 5.31. The van der Waals surface area contributed by atoms with E-state index in [0.717, 1.165) is 43.5 Å². The SMILES string of the molecule is C=CC(=O)N1CCCC[C@H](n2cc(C(N)=O)c(-c3ccc(Oc4ccccc4)cc3)n2)CC1. The smallest absolute Gasteiger partial charge is 0.252 e. The molecular formula is C26H28N4O3. The monoisotopic (exact) mass is 444 g/mol. The summed E-state index contributed by atoms with van der Waals surface area (Å²) in [5.41, 5.74) is 7.40. The number of para-hydroxylation sites is 1. The average Bonchev–Trinajstić information content (AvgIpc) is 3.25. The summed E-state index contributed by atoms with van der Waals surface area (Å²) in [6.07, 6.45) is 6.67. The fraction of sp³-hybridized carbons (Fsp3) is 0.269. The Kier molecular flexibility index (Phi) is 6.88. The van der Waals surface area contributed by atoms with Gasteiger partial charge in [0.2, 0.25) is 5.91 Å². The molecule has 1 aliphatic rings. The highest BCUT2D eigenvalue weighted by atomic mass is 16.5. The second-order valence-corrected chi connectivity index (χ2v) is 8.14. The molecule has 1 atom stereocenters. The standard InChI is InChI=1S/C26H28N4O3/c1-2-24(31)29-16-7-6-8-20(15-17-29)30-18-23(26(27)32)25(28-30)19-11-13-22(14-12-19)33-21-9-4-3-5-10-21/h2-5,9-14,18,20H,1,6-8,15-17H2,(H2,27,32)/t20-/m0/s1. The van der Waals surface area contributed by atoms with Crippen molar-refractivity contribution in [2.45, 2.75) is 31.7 Å². The number of primary amides is 1. The zero-order valence-electron chi connectivity index (χ0n) is 18.5. The van der Waals surface area contributed by atoms with Crippen LogP contribution in [0, 0.1) is 0 Å². The van der Waals surface area contributed by atoms with E-state index in [1.165, 1.54) is 6.08 Å². The van der Waals surface area contributed by atoms with E-state index in [1.807, 2.05) is 64.2 Å². The van der Waals surface area contributed by atoms with E-state index in [2.05, 4.69) is 6.58 Å². The number of nitrogens with zero attached hydrogens (tertiary/aromatic N) is 3. The number of rotatable bonds is 6. The molecule has 2 amide bonds. The second-order valence-electron chi connectivity index (χ2n) is 8.14. The first-order chi connectivity index (χ1) is 16.0. The molecule has 1 aliphatic heterocycles. The number of benzene rings is 2. The van der Waals surface area contributed by atoms with Gasteiger partial charge in [-0.15, -0.1) is 0 Å². The molecule has 7 nitrogen and oxygen atoms in total. The Morgan fingerprint density at radius 1 is 1.00 bits per heavy atom. The molecule has 1 fully saturated rings. The van der Waals surface area contributed by atoms with Gasteiger partial charge in [-0.25, -0.2) is 0 Å². The predicted octanol–water partition coefficient (Wildman–Crippen LogP) is 4.57. The summed E-state index contributed by atoms with van der Waals surface area (Å²) in [5.74, 6) is 0.875. The molecule has 1 aromatic heterocycles. The van der Waals surface area contributed by atoms with Gasteiger partial charge < -0.3 is 15.4 Å². The third-order valence-corrected chi connectivity index (χ3v) is 5.91. The molecule has 4 rings (SSSR count). The molecule has 2 aromatic carbocycles. The van der Waals surface area contributed by atoms with Crippen molar-refractivity contribution in [3.05, 3.63) is 79.0 Å². The van der Waals surface area contributed by atoms with E-state index < -0.39 is 5.91 Å². The highest BCUT2D eigenvalue weighted by Crippen LogP contribution is 2.30. The van der Waals surface area contributed by atoms with Crippen LogP contribution in [-0.2, 0) is 4.79 Å². The molecular weight excluding hydrogens is 416 g/mol. The van der Waals surface area contributed by atoms with Crippen molar-refractivity contribution in [3.63, 3.8) is 0 Å². The van der Waals surface area contributed by atoms with Gasteiger partial charge in [0.25, 0.3) is 5.91 Å². The van der Waals surface area contributed by atoms with Crippen LogP contribution in [0.4, 0.5) is 0 Å². The molecule has 0 aliphatic carbocycles. The summed E-state index contributed by atoms with van der Waals surface area (Å²) >= 11 is 0. The van der Waals surface area contributed by atoms with E-state index in [-0.39, 0.29) is 11.9 Å². The molecule has 33 heavy (non-hydrogen) atoms. The van der Waals surface area contributed by atoms with E-state index in [0.29, 0.717) is 23.6 Å². The van der Waals surface area contributed by atoms with Crippen LogP contribution in [-0.4, -0.2) is 39.6 Å². The van der Waals surface area contributed by atoms with Gasteiger partial charge in [-0.2, -0.15) is 5.10 Å². The minimum Gasteiger partial charge on any atom is -0.457 e. The minimum atomic E-state index is -0.518. The maximum absolute atomic E-state index is 12.2. The number of carbonyl (C=O) groups excluding carboxylic acids is 2. The van der Waals surface area contributed by atoms with Gasteiger partial charge in [-0.3, -0.25) is 14.3 Å². The van der Waals surface area contributed by atoms with Gasteiger partial charge in [-0.05, 0) is 68.2 Å². The average molecular weight is 445 g/mol. The molecule has 7 heteroatoms. The van der Waals surface area contributed by atoms with Crippen LogP contribution in [0.3, 0.4) is 0 Å². The first-order valence-electron chi connectivity index (χ1n) is 11.2. The lowest BCUT2D eigenvalue weighted by Crippen LogP contribution is -2.34. The van der Waals surface area contributed by atoms with Gasteiger partial charge in [-0.1, -0.05) is 24.8 Å². The molecule has 170 valence electrons. The zero-order chi connectivity index (χ0) is 23.2. The number of carbonyl (C=O) groups is 2. The molecule has 1 saturated heterocycles. The molecule has 2 N–H and O–H groups in total. The predicted molar refractivity (Wildman–Crippen MR) is 127 cm³/mol. The fourth-order valence-electron chi connectivity index (χ4n) is 4.14. The van der Waals surface area contributed by atoms with Gasteiger partial charge in [0.1, 0.15) is 17.2 Å². The van der Waals surface area contributed by atoms with Crippen molar-refractivity contribution in [2.24, 2.45) is 5.73 Å². The highest BCUT2D eigenvalue weighted by molar-refractivity contribution is 5.98. The summed E-state index contributed by atoms with van der Waals surface area (Å²) in [5, 5.41) is 4.75. The fourth-order valence-corrected chi connectivity index (χ4v) is 4.14. The lowest BCUT2D eigenvalue weighted by molar-refractivity contribution is -0.126. The van der Waals surface area contributed by atoms with Crippen molar-refractivity contribution in [1.82, 2.24) is 14.7 Å². The van der Waals surface area contributed by atoms with Crippen molar-refractivity contribution >= 4 is 11.8 Å². The summed E-state index contributed by atoms with van der Waals surface area (Å²) < 4.78 is 7.69. The van der Waals surface area contributed by atoms with Gasteiger partial charge in [0.15, 0.2) is 0 Å². The molecule has 0 spiro atoms. The molecule has 2 heterocycles. The second kappa shape index (κ2) is 10.2. The number of amides is 2. The Bertz CT molecular complexity index is 1120. The maximum Gasteiger partial charge on any atom is 0.252 e. The highest BCUT2D eigenvalue weighted by Gasteiger charge is 2.23. The number of ether oxygens (including phenoxy) is 1. The van der Waals surface area contributed by atoms with Crippen molar-refractivity contribution in [2.75, 3.05) is 13.1 Å². The summed E-state index contributed by atoms with van der Waals surface area (Å²) in [6, 6.07) is 17.1. The van der Waals surface area contributed by atoms with Gasteiger partial charge in [0, 0.05) is 24.8 Å². The van der Waals surface area contributed by atoms with Crippen LogP contribution in [0.25, 0.3) is 11.3 Å². The third-order valence-electron chi connectivity index (χ3n) is 5.91. The van der Waals surface area contributed by atoms with Crippen LogP contribution in [0.5, 0.6) is 11.5 Å². The molecule has 0 saturated carbocycles. The van der Waals surface area contributed by atoms with Gasteiger partial charge >= 0.3 is 0 Å². The number of hydrogen-bond acceptors (Lipinski definition) is 4. The van der Waals surface area contributed by atoms with E-state index in [9.17, 15) is 9.59 Å². The Morgan fingerprint density at radius 2 is 1.73 bits per heavy atom. The summed E-state index contributed by atoms with van der Waals surface area (Å²) in [7, 11) is 0. The topological polar surface area (TPSA) is 90.5 Å². The van der Waals surface area contributed by atoms with E-state index in [1.54, 1.807) is 6.20 Å². The van der Waals surface area contributed by atoms with E-state index >= 15 is 0 Å². The lowest BCUT2D eigenvalue weighted by atomic mass is 10.0. The number of hydrogen-bond donors (Lipinski definition) is 1. The van der Waals surface area contributed by atoms with Crippen LogP contribution in [0.15, 0.2) is 73.4 Å². The summed E-state index contributed by atoms with van der Waals surface area (Å²) in [4.78, 5) is 26.1. The quantitative estimate of drug-likeness (QED) is 0.564. The number of nitrogens with two attached hydrogens (primary N) is 1. The first kappa shape index (κ1) is 22.3. The zero-order valence-corrected chi connectivity index (χ0v) is 18.5. The van der Waals surface area contributed by atoms with Crippen LogP contribution in [0.1, 0.15) is 42.1 Å². The first-order valence-corrected chi connectivity index (χ1v) is 11.2. The molecule has 0 unspecified atom stereocenters. The Morgan fingerprint density at radius 3 is 2.42 bits per heavy atom. The molecule has 3 aromatic rings. The molecule has 0 radical (unpaired) electrons. The Hall–Kier alpha value is -3.87.